The van der Waals surface area contributed by atoms with Gasteiger partial charge in [-0.3, -0.25) is 0 Å². The number of hydrogen-bond acceptors (Lipinski definition) is 2. The van der Waals surface area contributed by atoms with Gasteiger partial charge in [0.05, 0.1) is 5.56 Å². The molecule has 1 aromatic carbocycles. The van der Waals surface area contributed by atoms with Gasteiger partial charge in [-0.1, -0.05) is 25.3 Å². The number of anilines is 1. The molecule has 1 aliphatic carbocycles. The number of nitrogens with zero attached hydrogens (tertiary/aromatic N) is 1. The minimum absolute atomic E-state index is 0.0174. The van der Waals surface area contributed by atoms with Gasteiger partial charge in [0.25, 0.3) is 0 Å². The van der Waals surface area contributed by atoms with Crippen molar-refractivity contribution in [2.75, 3.05) is 18.4 Å². The zero-order valence-electron chi connectivity index (χ0n) is 16.2. The monoisotopic (exact) mass is 412 g/mol. The van der Waals surface area contributed by atoms with Crippen LogP contribution in [0.15, 0.2) is 24.3 Å². The third kappa shape index (κ3) is 6.27. The number of benzene rings is 1. The Morgan fingerprint density at radius 1 is 0.931 bits per heavy atom. The maximum absolute atomic E-state index is 12.8. The Morgan fingerprint density at radius 3 is 2.17 bits per heavy atom. The molecule has 0 spiro atoms. The summed E-state index contributed by atoms with van der Waals surface area (Å²) in [7, 11) is 0. The SMILES string of the molecule is O=C(NC1CCCCC1)NC1CCN(C(=O)Nc2cccc(C(F)(F)F)c2)CC1. The van der Waals surface area contributed by atoms with Crippen LogP contribution >= 0.6 is 0 Å². The lowest BCUT2D eigenvalue weighted by Gasteiger charge is -2.33. The normalized spacial score (nSPS) is 18.9. The van der Waals surface area contributed by atoms with E-state index in [2.05, 4.69) is 16.0 Å². The number of alkyl halides is 3. The fourth-order valence-corrected chi connectivity index (χ4v) is 3.86. The van der Waals surface area contributed by atoms with Crippen molar-refractivity contribution in [2.24, 2.45) is 0 Å². The van der Waals surface area contributed by atoms with Crippen LogP contribution in [-0.4, -0.2) is 42.1 Å². The molecule has 0 aromatic heterocycles. The van der Waals surface area contributed by atoms with Gasteiger partial charge in [0.15, 0.2) is 0 Å². The van der Waals surface area contributed by atoms with E-state index >= 15 is 0 Å². The maximum Gasteiger partial charge on any atom is 0.416 e. The van der Waals surface area contributed by atoms with Crippen LogP contribution in [0.3, 0.4) is 0 Å². The summed E-state index contributed by atoms with van der Waals surface area (Å²) in [6, 6.07) is 4.19. The Labute approximate surface area is 168 Å². The van der Waals surface area contributed by atoms with Gasteiger partial charge >= 0.3 is 18.2 Å². The van der Waals surface area contributed by atoms with Crippen molar-refractivity contribution in [3.05, 3.63) is 29.8 Å². The second-order valence-electron chi connectivity index (χ2n) is 7.72. The molecular weight excluding hydrogens is 385 g/mol. The largest absolute Gasteiger partial charge is 0.416 e. The molecule has 29 heavy (non-hydrogen) atoms. The van der Waals surface area contributed by atoms with E-state index in [-0.39, 0.29) is 23.8 Å². The number of urea groups is 2. The highest BCUT2D eigenvalue weighted by atomic mass is 19.4. The third-order valence-corrected chi connectivity index (χ3v) is 5.50. The number of piperidine rings is 1. The molecule has 6 nitrogen and oxygen atoms in total. The molecule has 1 aromatic rings. The summed E-state index contributed by atoms with van der Waals surface area (Å²) in [5.41, 5.74) is -0.695. The molecule has 0 radical (unpaired) electrons. The second kappa shape index (κ2) is 9.37. The molecule has 3 rings (SSSR count). The van der Waals surface area contributed by atoms with Crippen molar-refractivity contribution in [1.29, 1.82) is 0 Å². The van der Waals surface area contributed by atoms with Gasteiger partial charge in [-0.2, -0.15) is 13.2 Å². The van der Waals surface area contributed by atoms with Gasteiger partial charge in [-0.15, -0.1) is 0 Å². The molecule has 2 fully saturated rings. The molecule has 1 aliphatic heterocycles. The first kappa shape index (κ1) is 21.3. The maximum atomic E-state index is 12.8. The Bertz CT molecular complexity index is 712. The fraction of sp³-hybridized carbons (Fsp3) is 0.600. The molecule has 1 saturated carbocycles. The number of carbonyl (C=O) groups excluding carboxylic acids is 2. The predicted molar refractivity (Wildman–Crippen MR) is 104 cm³/mol. The first-order chi connectivity index (χ1) is 13.8. The van der Waals surface area contributed by atoms with Gasteiger partial charge in [0.2, 0.25) is 0 Å². The summed E-state index contributed by atoms with van der Waals surface area (Å²) >= 11 is 0. The van der Waals surface area contributed by atoms with Crippen LogP contribution in [0.2, 0.25) is 0 Å². The summed E-state index contributed by atoms with van der Waals surface area (Å²) in [6.45, 7) is 0.859. The second-order valence-corrected chi connectivity index (χ2v) is 7.72. The number of amides is 4. The number of halogens is 3. The van der Waals surface area contributed by atoms with E-state index in [9.17, 15) is 22.8 Å². The van der Waals surface area contributed by atoms with Crippen molar-refractivity contribution in [3.63, 3.8) is 0 Å². The Morgan fingerprint density at radius 2 is 1.55 bits per heavy atom. The molecule has 9 heteroatoms. The predicted octanol–water partition coefficient (Wildman–Crippen LogP) is 4.33. The lowest BCUT2D eigenvalue weighted by Crippen LogP contribution is -2.51. The highest BCUT2D eigenvalue weighted by molar-refractivity contribution is 5.89. The highest BCUT2D eigenvalue weighted by Crippen LogP contribution is 2.30. The lowest BCUT2D eigenvalue weighted by atomic mass is 9.96. The molecule has 3 N–H and O–H groups in total. The summed E-state index contributed by atoms with van der Waals surface area (Å²) in [5.74, 6) is 0. The average molecular weight is 412 g/mol. The van der Waals surface area contributed by atoms with Crippen LogP contribution in [0.1, 0.15) is 50.5 Å². The van der Waals surface area contributed by atoms with Crippen molar-refractivity contribution < 1.29 is 22.8 Å². The van der Waals surface area contributed by atoms with E-state index < -0.39 is 17.8 Å². The molecular formula is C20H27F3N4O2. The highest BCUT2D eigenvalue weighted by Gasteiger charge is 2.31. The molecule has 4 amide bonds. The van der Waals surface area contributed by atoms with Crippen molar-refractivity contribution in [2.45, 2.75) is 63.2 Å². The van der Waals surface area contributed by atoms with Gasteiger partial charge in [0, 0.05) is 30.9 Å². The van der Waals surface area contributed by atoms with Crippen molar-refractivity contribution in [1.82, 2.24) is 15.5 Å². The molecule has 1 heterocycles. The van der Waals surface area contributed by atoms with Crippen molar-refractivity contribution >= 4 is 17.7 Å². The van der Waals surface area contributed by atoms with Crippen LogP contribution in [0.5, 0.6) is 0 Å². The first-order valence-corrected chi connectivity index (χ1v) is 10.1. The molecule has 1 saturated heterocycles. The van der Waals surface area contributed by atoms with Crippen LogP contribution in [0.25, 0.3) is 0 Å². The number of hydrogen-bond donors (Lipinski definition) is 3. The van der Waals surface area contributed by atoms with E-state index in [1.165, 1.54) is 18.6 Å². The molecule has 0 bridgehead atoms. The minimum Gasteiger partial charge on any atom is -0.335 e. The van der Waals surface area contributed by atoms with E-state index in [1.807, 2.05) is 0 Å². The summed E-state index contributed by atoms with van der Waals surface area (Å²) in [6.07, 6.45) is 2.30. The lowest BCUT2D eigenvalue weighted by molar-refractivity contribution is -0.137. The van der Waals surface area contributed by atoms with E-state index in [4.69, 9.17) is 0 Å². The number of nitrogens with one attached hydrogen (secondary N) is 3. The van der Waals surface area contributed by atoms with Crippen LogP contribution in [0, 0.1) is 0 Å². The van der Waals surface area contributed by atoms with Crippen LogP contribution < -0.4 is 16.0 Å². The Balaban J connectivity index is 1.43. The first-order valence-electron chi connectivity index (χ1n) is 10.1. The summed E-state index contributed by atoms with van der Waals surface area (Å²) in [5, 5.41) is 8.50. The van der Waals surface area contributed by atoms with Crippen LogP contribution in [-0.2, 0) is 6.18 Å². The van der Waals surface area contributed by atoms with Gasteiger partial charge in [-0.25, -0.2) is 9.59 Å². The van der Waals surface area contributed by atoms with Gasteiger partial charge < -0.3 is 20.9 Å². The Kier molecular flexibility index (Phi) is 6.87. The quantitative estimate of drug-likeness (QED) is 0.691. The molecule has 160 valence electrons. The van der Waals surface area contributed by atoms with E-state index in [0.717, 1.165) is 37.8 Å². The van der Waals surface area contributed by atoms with Gasteiger partial charge in [0.1, 0.15) is 0 Å². The van der Waals surface area contributed by atoms with E-state index in [0.29, 0.717) is 25.9 Å². The average Bonchev–Trinajstić information content (AvgIpc) is 2.69. The molecule has 2 aliphatic rings. The summed E-state index contributed by atoms with van der Waals surface area (Å²) in [4.78, 5) is 26.0. The zero-order chi connectivity index (χ0) is 20.9. The third-order valence-electron chi connectivity index (χ3n) is 5.50. The topological polar surface area (TPSA) is 73.5 Å². The standard InChI is InChI=1S/C20H27F3N4O2/c21-20(22,23)14-5-4-8-17(13-14)26-19(29)27-11-9-16(10-12-27)25-18(28)24-15-6-2-1-3-7-15/h4-5,8,13,15-16H,1-3,6-7,9-12H2,(H,26,29)(H2,24,25,28). The van der Waals surface area contributed by atoms with E-state index in [1.54, 1.807) is 4.90 Å². The van der Waals surface area contributed by atoms with Crippen LogP contribution in [0.4, 0.5) is 28.4 Å². The minimum atomic E-state index is -4.46. The summed E-state index contributed by atoms with van der Waals surface area (Å²) < 4.78 is 38.4. The molecule has 0 unspecified atom stereocenters. The smallest absolute Gasteiger partial charge is 0.335 e. The zero-order valence-corrected chi connectivity index (χ0v) is 16.2. The van der Waals surface area contributed by atoms with Gasteiger partial charge in [-0.05, 0) is 43.9 Å². The number of likely N-dealkylation sites (tertiary alicyclic amines) is 1. The molecule has 0 atom stereocenters. The van der Waals surface area contributed by atoms with Crippen molar-refractivity contribution in [3.8, 4) is 0 Å². The Hall–Kier alpha value is -2.45. The number of carbonyl (C=O) groups is 2. The fourth-order valence-electron chi connectivity index (χ4n) is 3.86. The number of rotatable bonds is 3.